The average Bonchev–Trinajstić information content (AvgIpc) is 3.17. The molecule has 1 aromatic carbocycles. The van der Waals surface area contributed by atoms with E-state index in [0.717, 1.165) is 38.1 Å². The normalized spacial score (nSPS) is 13.6. The second-order valence-electron chi connectivity index (χ2n) is 5.66. The van der Waals surface area contributed by atoms with Gasteiger partial charge < -0.3 is 20.3 Å². The molecule has 0 aliphatic carbocycles. The number of anilines is 2. The summed E-state index contributed by atoms with van der Waals surface area (Å²) < 4.78 is 31.5. The highest BCUT2D eigenvalue weighted by Crippen LogP contribution is 2.18. The molecular weight excluding hydrogens is 346 g/mol. The van der Waals surface area contributed by atoms with E-state index < -0.39 is 17.7 Å². The average molecular weight is 364 g/mol. The molecule has 1 aliphatic rings. The van der Waals surface area contributed by atoms with Gasteiger partial charge in [0, 0.05) is 19.2 Å². The van der Waals surface area contributed by atoms with Crippen molar-refractivity contribution in [3.63, 3.8) is 0 Å². The predicted octanol–water partition coefficient (Wildman–Crippen LogP) is 2.08. The summed E-state index contributed by atoms with van der Waals surface area (Å²) in [5, 5.41) is 4.82. The summed E-state index contributed by atoms with van der Waals surface area (Å²) in [6.45, 7) is 1.70. The van der Waals surface area contributed by atoms with E-state index in [1.165, 1.54) is 7.11 Å². The maximum atomic E-state index is 13.6. The van der Waals surface area contributed by atoms with Gasteiger partial charge in [-0.2, -0.15) is 15.0 Å². The van der Waals surface area contributed by atoms with Crippen molar-refractivity contribution in [1.82, 2.24) is 20.3 Å². The molecule has 1 aliphatic heterocycles. The van der Waals surface area contributed by atoms with Gasteiger partial charge in [0.25, 0.3) is 0 Å². The molecule has 138 valence electrons. The molecule has 1 aromatic heterocycles. The molecule has 0 radical (unpaired) electrons. The molecule has 26 heavy (non-hydrogen) atoms. The SMILES string of the molecule is COc1nc(CNC(=O)Nc2ccc(F)cc2F)nc(N2CCCC2)n1. The van der Waals surface area contributed by atoms with Crippen LogP contribution in [0.15, 0.2) is 18.2 Å². The topological polar surface area (TPSA) is 92.3 Å². The van der Waals surface area contributed by atoms with Gasteiger partial charge in [-0.1, -0.05) is 0 Å². The molecule has 1 saturated heterocycles. The van der Waals surface area contributed by atoms with Crippen LogP contribution in [0.25, 0.3) is 0 Å². The highest BCUT2D eigenvalue weighted by molar-refractivity contribution is 5.89. The van der Waals surface area contributed by atoms with Crippen LogP contribution in [0, 0.1) is 11.6 Å². The number of halogens is 2. The summed E-state index contributed by atoms with van der Waals surface area (Å²) in [6, 6.07) is 2.37. The summed E-state index contributed by atoms with van der Waals surface area (Å²) in [5.74, 6) is -0.775. The van der Waals surface area contributed by atoms with Crippen LogP contribution in [0.3, 0.4) is 0 Å². The number of urea groups is 1. The molecule has 0 spiro atoms. The third-order valence-electron chi connectivity index (χ3n) is 3.81. The minimum absolute atomic E-state index is 0.00559. The van der Waals surface area contributed by atoms with Gasteiger partial charge in [-0.3, -0.25) is 0 Å². The van der Waals surface area contributed by atoms with E-state index >= 15 is 0 Å². The predicted molar refractivity (Wildman–Crippen MR) is 90.0 cm³/mol. The number of aromatic nitrogens is 3. The van der Waals surface area contributed by atoms with Crippen molar-refractivity contribution < 1.29 is 18.3 Å². The second kappa shape index (κ2) is 7.89. The molecule has 0 atom stereocenters. The third kappa shape index (κ3) is 4.32. The van der Waals surface area contributed by atoms with Crippen LogP contribution >= 0.6 is 0 Å². The summed E-state index contributed by atoms with van der Waals surface area (Å²) in [4.78, 5) is 26.6. The van der Waals surface area contributed by atoms with Gasteiger partial charge in [0.1, 0.15) is 11.6 Å². The van der Waals surface area contributed by atoms with E-state index in [9.17, 15) is 13.6 Å². The Balaban J connectivity index is 1.64. The number of hydrogen-bond acceptors (Lipinski definition) is 6. The van der Waals surface area contributed by atoms with Crippen molar-refractivity contribution in [2.24, 2.45) is 0 Å². The molecule has 2 N–H and O–H groups in total. The highest BCUT2D eigenvalue weighted by Gasteiger charge is 2.18. The van der Waals surface area contributed by atoms with E-state index in [4.69, 9.17) is 4.74 Å². The molecule has 2 heterocycles. The fourth-order valence-corrected chi connectivity index (χ4v) is 2.53. The zero-order chi connectivity index (χ0) is 18.5. The van der Waals surface area contributed by atoms with E-state index in [2.05, 4.69) is 25.6 Å². The first kappa shape index (κ1) is 17.8. The lowest BCUT2D eigenvalue weighted by atomic mass is 10.3. The maximum Gasteiger partial charge on any atom is 0.321 e. The number of nitrogens with one attached hydrogen (secondary N) is 2. The maximum absolute atomic E-state index is 13.6. The van der Waals surface area contributed by atoms with Crippen molar-refractivity contribution >= 4 is 17.7 Å². The zero-order valence-electron chi connectivity index (χ0n) is 14.1. The van der Waals surface area contributed by atoms with Gasteiger partial charge in [0.05, 0.1) is 19.3 Å². The largest absolute Gasteiger partial charge is 0.467 e. The van der Waals surface area contributed by atoms with E-state index in [1.807, 2.05) is 4.90 Å². The van der Waals surface area contributed by atoms with Gasteiger partial charge in [-0.05, 0) is 25.0 Å². The number of rotatable bonds is 5. The Morgan fingerprint density at radius 2 is 2.00 bits per heavy atom. The first-order valence-electron chi connectivity index (χ1n) is 8.09. The minimum atomic E-state index is -0.863. The van der Waals surface area contributed by atoms with E-state index in [0.29, 0.717) is 17.8 Å². The van der Waals surface area contributed by atoms with Crippen molar-refractivity contribution in [1.29, 1.82) is 0 Å². The van der Waals surface area contributed by atoms with Crippen LogP contribution in [-0.2, 0) is 6.54 Å². The number of hydrogen-bond donors (Lipinski definition) is 2. The highest BCUT2D eigenvalue weighted by atomic mass is 19.1. The van der Waals surface area contributed by atoms with Crippen LogP contribution in [0.1, 0.15) is 18.7 Å². The zero-order valence-corrected chi connectivity index (χ0v) is 14.1. The van der Waals surface area contributed by atoms with Crippen molar-refractivity contribution in [3.8, 4) is 6.01 Å². The van der Waals surface area contributed by atoms with Crippen molar-refractivity contribution in [2.75, 3.05) is 30.4 Å². The van der Waals surface area contributed by atoms with Crippen molar-refractivity contribution in [3.05, 3.63) is 35.7 Å². The Morgan fingerprint density at radius 1 is 1.23 bits per heavy atom. The fraction of sp³-hybridized carbons (Fsp3) is 0.375. The third-order valence-corrected chi connectivity index (χ3v) is 3.81. The van der Waals surface area contributed by atoms with Gasteiger partial charge in [0.15, 0.2) is 5.82 Å². The molecule has 2 aromatic rings. The molecule has 2 amide bonds. The number of amides is 2. The van der Waals surface area contributed by atoms with Gasteiger partial charge in [-0.25, -0.2) is 13.6 Å². The summed E-state index contributed by atoms with van der Waals surface area (Å²) in [5.41, 5.74) is -0.130. The van der Waals surface area contributed by atoms with E-state index in [1.54, 1.807) is 0 Å². The van der Waals surface area contributed by atoms with E-state index in [-0.39, 0.29) is 18.2 Å². The lowest BCUT2D eigenvalue weighted by Crippen LogP contribution is -2.30. The number of methoxy groups -OCH3 is 1. The van der Waals surface area contributed by atoms with Crippen LogP contribution in [-0.4, -0.2) is 41.2 Å². The lowest BCUT2D eigenvalue weighted by Gasteiger charge is -2.16. The monoisotopic (exact) mass is 364 g/mol. The number of carbonyl (C=O) groups excluding carboxylic acids is 1. The van der Waals surface area contributed by atoms with Crippen LogP contribution in [0.4, 0.5) is 25.2 Å². The summed E-state index contributed by atoms with van der Waals surface area (Å²) >= 11 is 0. The number of ether oxygens (including phenoxy) is 1. The Bertz CT molecular complexity index is 798. The molecule has 10 heteroatoms. The van der Waals surface area contributed by atoms with Crippen molar-refractivity contribution in [2.45, 2.75) is 19.4 Å². The van der Waals surface area contributed by atoms with Crippen LogP contribution in [0.2, 0.25) is 0 Å². The van der Waals surface area contributed by atoms with Crippen LogP contribution < -0.4 is 20.3 Å². The Hall–Kier alpha value is -3.04. The smallest absolute Gasteiger partial charge is 0.321 e. The van der Waals surface area contributed by atoms with Crippen LogP contribution in [0.5, 0.6) is 6.01 Å². The second-order valence-corrected chi connectivity index (χ2v) is 5.66. The Kier molecular flexibility index (Phi) is 5.40. The first-order chi connectivity index (χ1) is 12.5. The fourth-order valence-electron chi connectivity index (χ4n) is 2.53. The molecule has 3 rings (SSSR count). The molecule has 8 nitrogen and oxygen atoms in total. The van der Waals surface area contributed by atoms with Gasteiger partial charge in [-0.15, -0.1) is 0 Å². The Morgan fingerprint density at radius 3 is 2.69 bits per heavy atom. The van der Waals surface area contributed by atoms with Gasteiger partial charge >= 0.3 is 12.0 Å². The number of nitrogens with zero attached hydrogens (tertiary/aromatic N) is 4. The summed E-state index contributed by atoms with van der Waals surface area (Å²) in [6.07, 6.45) is 2.13. The minimum Gasteiger partial charge on any atom is -0.467 e. The lowest BCUT2D eigenvalue weighted by molar-refractivity contribution is 0.251. The summed E-state index contributed by atoms with van der Waals surface area (Å²) in [7, 11) is 1.45. The number of carbonyl (C=O) groups is 1. The quantitative estimate of drug-likeness (QED) is 0.844. The molecule has 0 unspecified atom stereocenters. The molecule has 0 bridgehead atoms. The molecule has 1 fully saturated rings. The standard InChI is InChI=1S/C16H18F2N6O2/c1-26-16-22-13(21-14(23-16)24-6-2-3-7-24)9-19-15(25)20-12-5-4-10(17)8-11(12)18/h4-5,8H,2-3,6-7,9H2,1H3,(H2,19,20,25). The molecule has 0 saturated carbocycles. The molecular formula is C16H18F2N6O2. The Labute approximate surface area is 148 Å². The van der Waals surface area contributed by atoms with Gasteiger partial charge in [0.2, 0.25) is 5.95 Å². The number of benzene rings is 1. The first-order valence-corrected chi connectivity index (χ1v) is 8.09.